The molecule has 4 aromatic carbocycles. The molecule has 0 saturated heterocycles. The maximum atomic E-state index is 9.22. The van der Waals surface area contributed by atoms with Crippen molar-refractivity contribution >= 4 is 7.69 Å². The van der Waals surface area contributed by atoms with Crippen molar-refractivity contribution in [2.45, 2.75) is 0 Å². The molecule has 1 N–H and O–H groups in total. The van der Waals surface area contributed by atoms with E-state index < -0.39 is 0 Å². The normalized spacial score (nSPS) is 10.4. The molecule has 0 atom stereocenters. The largest absolute Gasteiger partial charge is 0.569 e. The SMILES string of the molecule is O[B]Oc1ccc(-c2ccccc2)cc1-c1ccccc1-c1ccccc1. The van der Waals surface area contributed by atoms with Crippen LogP contribution in [0.5, 0.6) is 5.75 Å². The van der Waals surface area contributed by atoms with Gasteiger partial charge in [-0.25, -0.2) is 0 Å². The van der Waals surface area contributed by atoms with Crippen LogP contribution in [0.25, 0.3) is 33.4 Å². The maximum Gasteiger partial charge on any atom is 0.569 e. The quantitative estimate of drug-likeness (QED) is 0.476. The van der Waals surface area contributed by atoms with E-state index in [0.29, 0.717) is 5.75 Å². The molecular weight excluding hydrogens is 331 g/mol. The average Bonchev–Trinajstić information content (AvgIpc) is 2.75. The first-order chi connectivity index (χ1) is 13.4. The fraction of sp³-hybridized carbons (Fsp3) is 0. The fourth-order valence-electron chi connectivity index (χ4n) is 3.30. The Labute approximate surface area is 160 Å². The third kappa shape index (κ3) is 3.64. The first-order valence-corrected chi connectivity index (χ1v) is 8.83. The van der Waals surface area contributed by atoms with Crippen molar-refractivity contribution < 1.29 is 9.68 Å². The van der Waals surface area contributed by atoms with E-state index in [1.54, 1.807) is 0 Å². The predicted octanol–water partition coefficient (Wildman–Crippen LogP) is 5.59. The lowest BCUT2D eigenvalue weighted by Crippen LogP contribution is -2.01. The fourth-order valence-corrected chi connectivity index (χ4v) is 3.30. The molecule has 0 aliphatic heterocycles. The lowest BCUT2D eigenvalue weighted by Gasteiger charge is -2.16. The Morgan fingerprint density at radius 2 is 1.11 bits per heavy atom. The summed E-state index contributed by atoms with van der Waals surface area (Å²) in [7, 11) is 0.728. The second-order valence-electron chi connectivity index (χ2n) is 6.21. The van der Waals surface area contributed by atoms with Crippen LogP contribution >= 0.6 is 0 Å². The van der Waals surface area contributed by atoms with Gasteiger partial charge in [-0.1, -0.05) is 91.0 Å². The highest BCUT2D eigenvalue weighted by Gasteiger charge is 2.13. The van der Waals surface area contributed by atoms with Crippen LogP contribution in [0.3, 0.4) is 0 Å². The standard InChI is InChI=1S/C24H18BO2/c26-25-27-24-16-15-20(18-9-3-1-4-10-18)17-23(24)22-14-8-7-13-21(22)19-11-5-2-6-12-19/h1-17,26H. The lowest BCUT2D eigenvalue weighted by molar-refractivity contribution is 0.455. The summed E-state index contributed by atoms with van der Waals surface area (Å²) in [5.41, 5.74) is 6.47. The molecule has 0 saturated carbocycles. The van der Waals surface area contributed by atoms with Gasteiger partial charge in [-0.15, -0.1) is 0 Å². The topological polar surface area (TPSA) is 29.5 Å². The molecule has 4 aromatic rings. The number of rotatable bonds is 5. The summed E-state index contributed by atoms with van der Waals surface area (Å²) in [5.74, 6) is 0.612. The van der Waals surface area contributed by atoms with Crippen LogP contribution in [-0.4, -0.2) is 12.7 Å². The first kappa shape index (κ1) is 17.1. The van der Waals surface area contributed by atoms with Crippen molar-refractivity contribution in [3.05, 3.63) is 103 Å². The Hall–Kier alpha value is -3.30. The van der Waals surface area contributed by atoms with Gasteiger partial charge in [0, 0.05) is 5.56 Å². The van der Waals surface area contributed by atoms with Gasteiger partial charge in [0.2, 0.25) is 0 Å². The summed E-state index contributed by atoms with van der Waals surface area (Å²) in [6, 6.07) is 34.7. The maximum absolute atomic E-state index is 9.22. The third-order valence-electron chi connectivity index (χ3n) is 4.57. The van der Waals surface area contributed by atoms with Gasteiger partial charge in [0.25, 0.3) is 0 Å². The zero-order valence-corrected chi connectivity index (χ0v) is 14.7. The van der Waals surface area contributed by atoms with Gasteiger partial charge in [0.05, 0.1) is 0 Å². The molecule has 0 fully saturated rings. The molecular formula is C24H18BO2. The van der Waals surface area contributed by atoms with E-state index in [0.717, 1.165) is 41.1 Å². The van der Waals surface area contributed by atoms with Gasteiger partial charge in [-0.3, -0.25) is 0 Å². The second kappa shape index (κ2) is 7.94. The van der Waals surface area contributed by atoms with Gasteiger partial charge >= 0.3 is 7.69 Å². The molecule has 0 heterocycles. The molecule has 2 nitrogen and oxygen atoms in total. The number of hydrogen-bond acceptors (Lipinski definition) is 2. The van der Waals surface area contributed by atoms with Gasteiger partial charge in [-0.2, -0.15) is 0 Å². The van der Waals surface area contributed by atoms with Gasteiger partial charge < -0.3 is 9.68 Å². The minimum absolute atomic E-state index is 0.612. The molecule has 0 aliphatic carbocycles. The molecule has 0 bridgehead atoms. The van der Waals surface area contributed by atoms with Crippen LogP contribution in [0.1, 0.15) is 0 Å². The van der Waals surface area contributed by atoms with Gasteiger partial charge in [0.1, 0.15) is 5.75 Å². The van der Waals surface area contributed by atoms with E-state index in [1.807, 2.05) is 60.7 Å². The van der Waals surface area contributed by atoms with Gasteiger partial charge in [0.15, 0.2) is 0 Å². The highest BCUT2D eigenvalue weighted by atomic mass is 16.5. The summed E-state index contributed by atoms with van der Waals surface area (Å²) in [5, 5.41) is 9.22. The Morgan fingerprint density at radius 1 is 0.519 bits per heavy atom. The summed E-state index contributed by atoms with van der Waals surface area (Å²) < 4.78 is 5.40. The van der Waals surface area contributed by atoms with Crippen molar-refractivity contribution in [2.75, 3.05) is 0 Å². The van der Waals surface area contributed by atoms with Crippen molar-refractivity contribution in [1.29, 1.82) is 0 Å². The summed E-state index contributed by atoms with van der Waals surface area (Å²) in [6.07, 6.45) is 0. The second-order valence-corrected chi connectivity index (χ2v) is 6.21. The van der Waals surface area contributed by atoms with Crippen molar-refractivity contribution in [2.24, 2.45) is 0 Å². The third-order valence-corrected chi connectivity index (χ3v) is 4.57. The molecule has 0 amide bonds. The predicted molar refractivity (Wildman–Crippen MR) is 111 cm³/mol. The van der Waals surface area contributed by atoms with E-state index in [1.165, 1.54) is 0 Å². The van der Waals surface area contributed by atoms with Crippen molar-refractivity contribution in [3.63, 3.8) is 0 Å². The molecule has 3 heteroatoms. The Kier molecular flexibility index (Phi) is 5.04. The lowest BCUT2D eigenvalue weighted by atomic mass is 9.92. The smallest absolute Gasteiger partial charge is 0.537 e. The Balaban J connectivity index is 1.91. The monoisotopic (exact) mass is 349 g/mol. The Morgan fingerprint density at radius 3 is 1.78 bits per heavy atom. The highest BCUT2D eigenvalue weighted by Crippen LogP contribution is 2.39. The molecule has 129 valence electrons. The van der Waals surface area contributed by atoms with Crippen LogP contribution in [0.2, 0.25) is 0 Å². The van der Waals surface area contributed by atoms with Crippen molar-refractivity contribution in [3.8, 4) is 39.1 Å². The zero-order chi connectivity index (χ0) is 18.5. The summed E-state index contributed by atoms with van der Waals surface area (Å²) in [4.78, 5) is 0. The summed E-state index contributed by atoms with van der Waals surface area (Å²) in [6.45, 7) is 0. The number of hydrogen-bond donors (Lipinski definition) is 1. The van der Waals surface area contributed by atoms with E-state index in [-0.39, 0.29) is 0 Å². The molecule has 0 unspecified atom stereocenters. The van der Waals surface area contributed by atoms with Crippen molar-refractivity contribution in [1.82, 2.24) is 0 Å². The molecule has 0 aliphatic rings. The van der Waals surface area contributed by atoms with E-state index in [4.69, 9.17) is 4.65 Å². The van der Waals surface area contributed by atoms with E-state index >= 15 is 0 Å². The molecule has 4 rings (SSSR count). The average molecular weight is 349 g/mol. The minimum atomic E-state index is 0.612. The van der Waals surface area contributed by atoms with Crippen LogP contribution in [0.4, 0.5) is 0 Å². The molecule has 0 aromatic heterocycles. The summed E-state index contributed by atoms with van der Waals surface area (Å²) >= 11 is 0. The van der Waals surface area contributed by atoms with E-state index in [9.17, 15) is 5.02 Å². The Bertz CT molecular complexity index is 1030. The van der Waals surface area contributed by atoms with Crippen LogP contribution in [0.15, 0.2) is 103 Å². The molecule has 1 radical (unpaired) electrons. The van der Waals surface area contributed by atoms with Crippen LogP contribution in [0, 0.1) is 0 Å². The minimum Gasteiger partial charge on any atom is -0.537 e. The molecule has 27 heavy (non-hydrogen) atoms. The number of benzene rings is 4. The molecule has 0 spiro atoms. The van der Waals surface area contributed by atoms with Crippen LogP contribution < -0.4 is 4.65 Å². The van der Waals surface area contributed by atoms with Crippen LogP contribution in [-0.2, 0) is 0 Å². The van der Waals surface area contributed by atoms with Gasteiger partial charge in [-0.05, 0) is 39.9 Å². The zero-order valence-electron chi connectivity index (χ0n) is 14.7. The first-order valence-electron chi connectivity index (χ1n) is 8.83. The highest BCUT2D eigenvalue weighted by molar-refractivity contribution is 6.17. The van der Waals surface area contributed by atoms with E-state index in [2.05, 4.69) is 42.5 Å².